The van der Waals surface area contributed by atoms with Crippen molar-refractivity contribution in [1.29, 1.82) is 5.26 Å². The molecular formula is C14H13F3N2O2. The summed E-state index contributed by atoms with van der Waals surface area (Å²) >= 11 is 0. The zero-order chi connectivity index (χ0) is 15.7. The maximum Gasteiger partial charge on any atom is 0.417 e. The minimum atomic E-state index is -4.62. The first-order valence-corrected chi connectivity index (χ1v) is 6.37. The van der Waals surface area contributed by atoms with Crippen LogP contribution in [0.25, 0.3) is 0 Å². The van der Waals surface area contributed by atoms with E-state index in [0.717, 1.165) is 18.6 Å². The number of aliphatic carboxylic acids is 1. The van der Waals surface area contributed by atoms with Crippen molar-refractivity contribution in [2.24, 2.45) is 0 Å². The van der Waals surface area contributed by atoms with Crippen molar-refractivity contribution < 1.29 is 23.1 Å². The summed E-state index contributed by atoms with van der Waals surface area (Å²) in [5.74, 6) is -0.994. The Labute approximate surface area is 119 Å². The van der Waals surface area contributed by atoms with Crippen LogP contribution in [-0.2, 0) is 11.0 Å². The van der Waals surface area contributed by atoms with E-state index in [-0.39, 0.29) is 12.1 Å². The number of nitrogens with zero attached hydrogens (tertiary/aromatic N) is 1. The maximum atomic E-state index is 12.9. The van der Waals surface area contributed by atoms with Gasteiger partial charge in [0.05, 0.1) is 23.6 Å². The van der Waals surface area contributed by atoms with Gasteiger partial charge in [-0.05, 0) is 37.5 Å². The van der Waals surface area contributed by atoms with Gasteiger partial charge in [0.15, 0.2) is 0 Å². The van der Waals surface area contributed by atoms with Crippen LogP contribution in [0.5, 0.6) is 0 Å². The number of hydrogen-bond donors (Lipinski definition) is 2. The molecule has 0 saturated heterocycles. The van der Waals surface area contributed by atoms with Crippen molar-refractivity contribution in [2.45, 2.75) is 37.4 Å². The standard InChI is InChI=1S/C14H13F3N2O2/c15-14(16,17)11-6-10(3-2-9(11)8-18)19-13(4-1-5-13)7-12(20)21/h2-3,6,19H,1,4-5,7H2,(H,20,21). The van der Waals surface area contributed by atoms with E-state index in [1.807, 2.05) is 0 Å². The van der Waals surface area contributed by atoms with E-state index in [1.165, 1.54) is 12.1 Å². The molecule has 0 bridgehead atoms. The summed E-state index contributed by atoms with van der Waals surface area (Å²) < 4.78 is 38.6. The number of halogens is 3. The Kier molecular flexibility index (Phi) is 3.81. The number of carboxylic acid groups (broad SMARTS) is 1. The molecule has 1 aliphatic rings. The van der Waals surface area contributed by atoms with Crippen LogP contribution in [-0.4, -0.2) is 16.6 Å². The molecule has 112 valence electrons. The molecule has 0 amide bonds. The van der Waals surface area contributed by atoms with Gasteiger partial charge in [0, 0.05) is 11.2 Å². The maximum absolute atomic E-state index is 12.9. The number of carboxylic acids is 1. The number of nitrogens with one attached hydrogen (secondary N) is 1. The van der Waals surface area contributed by atoms with Crippen LogP contribution in [0.2, 0.25) is 0 Å². The van der Waals surface area contributed by atoms with Crippen molar-refractivity contribution in [1.82, 2.24) is 0 Å². The summed E-state index contributed by atoms with van der Waals surface area (Å²) in [6.45, 7) is 0. The predicted molar refractivity (Wildman–Crippen MR) is 68.6 cm³/mol. The average molecular weight is 298 g/mol. The third kappa shape index (κ3) is 3.27. The number of hydrogen-bond acceptors (Lipinski definition) is 3. The SMILES string of the molecule is N#Cc1ccc(NC2(CC(=O)O)CCC2)cc1C(F)(F)F. The Balaban J connectivity index is 2.29. The molecule has 4 nitrogen and oxygen atoms in total. The Hall–Kier alpha value is -2.23. The van der Waals surface area contributed by atoms with Crippen LogP contribution < -0.4 is 5.32 Å². The molecule has 0 radical (unpaired) electrons. The zero-order valence-electron chi connectivity index (χ0n) is 11.0. The minimum absolute atomic E-state index is 0.144. The first-order chi connectivity index (χ1) is 9.76. The molecule has 1 aromatic rings. The summed E-state index contributed by atoms with van der Waals surface area (Å²) in [6, 6.07) is 4.84. The van der Waals surface area contributed by atoms with Crippen molar-refractivity contribution in [3.63, 3.8) is 0 Å². The van der Waals surface area contributed by atoms with E-state index in [0.29, 0.717) is 12.8 Å². The molecular weight excluding hydrogens is 285 g/mol. The van der Waals surface area contributed by atoms with E-state index in [9.17, 15) is 18.0 Å². The van der Waals surface area contributed by atoms with Crippen molar-refractivity contribution in [3.05, 3.63) is 29.3 Å². The van der Waals surface area contributed by atoms with Crippen LogP contribution in [0.3, 0.4) is 0 Å². The quantitative estimate of drug-likeness (QED) is 0.893. The fourth-order valence-electron chi connectivity index (χ4n) is 2.50. The second kappa shape index (κ2) is 5.28. The molecule has 0 spiro atoms. The van der Waals surface area contributed by atoms with Gasteiger partial charge in [0.25, 0.3) is 0 Å². The molecule has 2 N–H and O–H groups in total. The highest BCUT2D eigenvalue weighted by atomic mass is 19.4. The summed E-state index contributed by atoms with van der Waals surface area (Å²) in [5, 5.41) is 20.5. The smallest absolute Gasteiger partial charge is 0.417 e. The number of rotatable bonds is 4. The van der Waals surface area contributed by atoms with Gasteiger partial charge in [0.1, 0.15) is 0 Å². The molecule has 21 heavy (non-hydrogen) atoms. The Bertz CT molecular complexity index is 601. The summed E-state index contributed by atoms with van der Waals surface area (Å²) in [4.78, 5) is 10.9. The molecule has 7 heteroatoms. The number of alkyl halides is 3. The molecule has 0 heterocycles. The Morgan fingerprint density at radius 3 is 2.52 bits per heavy atom. The van der Waals surface area contributed by atoms with Crippen LogP contribution in [0.4, 0.5) is 18.9 Å². The van der Waals surface area contributed by atoms with Crippen LogP contribution >= 0.6 is 0 Å². The van der Waals surface area contributed by atoms with Crippen molar-refractivity contribution in [3.8, 4) is 6.07 Å². The fraction of sp³-hybridized carbons (Fsp3) is 0.429. The normalized spacial score (nSPS) is 16.7. The molecule has 0 unspecified atom stereocenters. The van der Waals surface area contributed by atoms with E-state index in [1.54, 1.807) is 0 Å². The van der Waals surface area contributed by atoms with Crippen LogP contribution in [0, 0.1) is 11.3 Å². The van der Waals surface area contributed by atoms with Gasteiger partial charge in [-0.25, -0.2) is 0 Å². The lowest BCUT2D eigenvalue weighted by atomic mass is 9.74. The highest BCUT2D eigenvalue weighted by Gasteiger charge is 2.40. The van der Waals surface area contributed by atoms with E-state index in [4.69, 9.17) is 10.4 Å². The summed E-state index contributed by atoms with van der Waals surface area (Å²) in [7, 11) is 0. The molecule has 1 aromatic carbocycles. The Morgan fingerprint density at radius 2 is 2.10 bits per heavy atom. The number of nitriles is 1. The third-order valence-electron chi connectivity index (χ3n) is 3.66. The molecule has 0 aromatic heterocycles. The average Bonchev–Trinajstić information content (AvgIpc) is 2.34. The monoisotopic (exact) mass is 298 g/mol. The summed E-state index contributed by atoms with van der Waals surface area (Å²) in [6.07, 6.45) is -2.74. The first-order valence-electron chi connectivity index (χ1n) is 6.37. The van der Waals surface area contributed by atoms with Crippen molar-refractivity contribution >= 4 is 11.7 Å². The number of anilines is 1. The number of benzene rings is 1. The van der Waals surface area contributed by atoms with Gasteiger partial charge in [-0.3, -0.25) is 4.79 Å². The van der Waals surface area contributed by atoms with Gasteiger partial charge in [-0.1, -0.05) is 0 Å². The second-order valence-corrected chi connectivity index (χ2v) is 5.20. The van der Waals surface area contributed by atoms with Gasteiger partial charge >= 0.3 is 12.1 Å². The van der Waals surface area contributed by atoms with E-state index in [2.05, 4.69) is 5.32 Å². The van der Waals surface area contributed by atoms with Gasteiger partial charge < -0.3 is 10.4 Å². The first kappa shape index (κ1) is 15.2. The molecule has 1 aliphatic carbocycles. The topological polar surface area (TPSA) is 73.1 Å². The lowest BCUT2D eigenvalue weighted by molar-refractivity contribution is -0.139. The molecule has 0 atom stereocenters. The van der Waals surface area contributed by atoms with E-state index >= 15 is 0 Å². The molecule has 2 rings (SSSR count). The van der Waals surface area contributed by atoms with Gasteiger partial charge in [-0.2, -0.15) is 18.4 Å². The largest absolute Gasteiger partial charge is 0.481 e. The zero-order valence-corrected chi connectivity index (χ0v) is 11.0. The molecule has 1 saturated carbocycles. The number of carbonyl (C=O) groups is 1. The van der Waals surface area contributed by atoms with Crippen LogP contribution in [0.1, 0.15) is 36.8 Å². The summed E-state index contributed by atoms with van der Waals surface area (Å²) in [5.41, 5.74) is -1.97. The lowest BCUT2D eigenvalue weighted by Crippen LogP contribution is -2.46. The predicted octanol–water partition coefficient (Wildman–Crippen LogP) is 3.39. The molecule has 1 fully saturated rings. The highest BCUT2D eigenvalue weighted by Crippen LogP contribution is 2.40. The van der Waals surface area contributed by atoms with Gasteiger partial charge in [-0.15, -0.1) is 0 Å². The van der Waals surface area contributed by atoms with Crippen LogP contribution in [0.15, 0.2) is 18.2 Å². The fourth-order valence-corrected chi connectivity index (χ4v) is 2.50. The third-order valence-corrected chi connectivity index (χ3v) is 3.66. The Morgan fingerprint density at radius 1 is 1.43 bits per heavy atom. The second-order valence-electron chi connectivity index (χ2n) is 5.20. The van der Waals surface area contributed by atoms with Crippen molar-refractivity contribution in [2.75, 3.05) is 5.32 Å². The van der Waals surface area contributed by atoms with Gasteiger partial charge in [0.2, 0.25) is 0 Å². The molecule has 0 aliphatic heterocycles. The van der Waals surface area contributed by atoms with E-state index < -0.39 is 28.8 Å². The lowest BCUT2D eigenvalue weighted by Gasteiger charge is -2.42. The minimum Gasteiger partial charge on any atom is -0.481 e. The highest BCUT2D eigenvalue weighted by molar-refractivity contribution is 5.70.